The van der Waals surface area contributed by atoms with Gasteiger partial charge >= 0.3 is 0 Å². The Bertz CT molecular complexity index is 863. The molecule has 0 heterocycles. The molecule has 5 heteroatoms. The van der Waals surface area contributed by atoms with E-state index >= 15 is 0 Å². The van der Waals surface area contributed by atoms with Crippen molar-refractivity contribution in [3.05, 3.63) is 64.7 Å². The molecule has 2 aromatic carbocycles. The SMILES string of the molecule is CCCNC(=O)C(CC)N(Cc1ccccc1C)C(=O)COc1ccc(C)cc1C. The topological polar surface area (TPSA) is 58.6 Å². The fourth-order valence-electron chi connectivity index (χ4n) is 3.44. The Morgan fingerprint density at radius 1 is 1.03 bits per heavy atom. The molecule has 1 atom stereocenters. The van der Waals surface area contributed by atoms with Crippen LogP contribution in [-0.4, -0.2) is 35.9 Å². The third-order valence-electron chi connectivity index (χ3n) is 5.22. The average molecular weight is 411 g/mol. The second kappa shape index (κ2) is 11.4. The predicted octanol–water partition coefficient (Wildman–Crippen LogP) is 4.32. The first kappa shape index (κ1) is 23.5. The van der Waals surface area contributed by atoms with Crippen molar-refractivity contribution in [2.24, 2.45) is 0 Å². The molecule has 0 aromatic heterocycles. The molecule has 0 aliphatic heterocycles. The van der Waals surface area contributed by atoms with Crippen molar-refractivity contribution in [3.8, 4) is 5.75 Å². The van der Waals surface area contributed by atoms with E-state index in [9.17, 15) is 9.59 Å². The van der Waals surface area contributed by atoms with Crippen molar-refractivity contribution in [3.63, 3.8) is 0 Å². The third kappa shape index (κ3) is 6.34. The smallest absolute Gasteiger partial charge is 0.261 e. The van der Waals surface area contributed by atoms with Crippen LogP contribution in [0.5, 0.6) is 5.75 Å². The second-order valence-electron chi connectivity index (χ2n) is 7.72. The Labute approximate surface area is 180 Å². The second-order valence-corrected chi connectivity index (χ2v) is 7.72. The summed E-state index contributed by atoms with van der Waals surface area (Å²) >= 11 is 0. The van der Waals surface area contributed by atoms with Crippen molar-refractivity contribution in [2.75, 3.05) is 13.2 Å². The fourth-order valence-corrected chi connectivity index (χ4v) is 3.44. The van der Waals surface area contributed by atoms with Crippen LogP contribution in [0.15, 0.2) is 42.5 Å². The zero-order valence-corrected chi connectivity index (χ0v) is 18.8. The maximum atomic E-state index is 13.2. The summed E-state index contributed by atoms with van der Waals surface area (Å²) in [5, 5.41) is 2.93. The van der Waals surface area contributed by atoms with Crippen LogP contribution in [0.2, 0.25) is 0 Å². The van der Waals surface area contributed by atoms with E-state index in [1.165, 1.54) is 0 Å². The predicted molar refractivity (Wildman–Crippen MR) is 121 cm³/mol. The maximum absolute atomic E-state index is 13.2. The molecule has 5 nitrogen and oxygen atoms in total. The summed E-state index contributed by atoms with van der Waals surface area (Å²) in [7, 11) is 0. The van der Waals surface area contributed by atoms with Crippen LogP contribution >= 0.6 is 0 Å². The van der Waals surface area contributed by atoms with Crippen molar-refractivity contribution in [2.45, 2.75) is 60.0 Å². The van der Waals surface area contributed by atoms with Gasteiger partial charge in [0.15, 0.2) is 6.61 Å². The molecule has 0 saturated carbocycles. The first-order chi connectivity index (χ1) is 14.4. The average Bonchev–Trinajstić information content (AvgIpc) is 2.72. The van der Waals surface area contributed by atoms with Crippen LogP contribution in [-0.2, 0) is 16.1 Å². The van der Waals surface area contributed by atoms with Gasteiger partial charge in [0.2, 0.25) is 5.91 Å². The number of nitrogens with zero attached hydrogens (tertiary/aromatic N) is 1. The molecule has 0 saturated heterocycles. The number of carbonyl (C=O) groups excluding carboxylic acids is 2. The highest BCUT2D eigenvalue weighted by atomic mass is 16.5. The molecular formula is C25H34N2O3. The number of hydrogen-bond acceptors (Lipinski definition) is 3. The normalized spacial score (nSPS) is 11.6. The van der Waals surface area contributed by atoms with E-state index in [-0.39, 0.29) is 18.4 Å². The lowest BCUT2D eigenvalue weighted by Gasteiger charge is -2.31. The lowest BCUT2D eigenvalue weighted by molar-refractivity contribution is -0.143. The largest absolute Gasteiger partial charge is 0.483 e. The van der Waals surface area contributed by atoms with Gasteiger partial charge in [-0.05, 0) is 56.4 Å². The highest BCUT2D eigenvalue weighted by Crippen LogP contribution is 2.20. The molecule has 1 unspecified atom stereocenters. The van der Waals surface area contributed by atoms with Crippen molar-refractivity contribution >= 4 is 11.8 Å². The van der Waals surface area contributed by atoms with E-state index < -0.39 is 6.04 Å². The number of carbonyl (C=O) groups is 2. The van der Waals surface area contributed by atoms with Gasteiger partial charge in [0.1, 0.15) is 11.8 Å². The summed E-state index contributed by atoms with van der Waals surface area (Å²) in [5.74, 6) is 0.373. The molecule has 162 valence electrons. The van der Waals surface area contributed by atoms with Crippen molar-refractivity contribution in [1.82, 2.24) is 10.2 Å². The number of rotatable bonds is 10. The van der Waals surface area contributed by atoms with E-state index in [4.69, 9.17) is 4.74 Å². The van der Waals surface area contributed by atoms with Gasteiger partial charge in [0.25, 0.3) is 5.91 Å². The van der Waals surface area contributed by atoms with Gasteiger partial charge < -0.3 is 15.0 Å². The number of aryl methyl sites for hydroxylation is 3. The van der Waals surface area contributed by atoms with Crippen LogP contribution in [0, 0.1) is 20.8 Å². The highest BCUT2D eigenvalue weighted by Gasteiger charge is 2.29. The van der Waals surface area contributed by atoms with Gasteiger partial charge in [0, 0.05) is 13.1 Å². The standard InChI is InChI=1S/C25H34N2O3/c1-6-14-26-25(29)22(7-2)27(16-21-11-9-8-10-19(21)4)24(28)17-30-23-13-12-18(3)15-20(23)5/h8-13,15,22H,6-7,14,16-17H2,1-5H3,(H,26,29). The minimum atomic E-state index is -0.536. The molecule has 2 aromatic rings. The van der Waals surface area contributed by atoms with Crippen LogP contribution < -0.4 is 10.1 Å². The van der Waals surface area contributed by atoms with E-state index in [0.717, 1.165) is 28.7 Å². The maximum Gasteiger partial charge on any atom is 0.261 e. The van der Waals surface area contributed by atoms with Gasteiger partial charge in [-0.2, -0.15) is 0 Å². The van der Waals surface area contributed by atoms with E-state index in [1.54, 1.807) is 4.90 Å². The van der Waals surface area contributed by atoms with Gasteiger partial charge in [0.05, 0.1) is 0 Å². The summed E-state index contributed by atoms with van der Waals surface area (Å²) in [6.45, 7) is 10.8. The number of benzene rings is 2. The van der Waals surface area contributed by atoms with Crippen LogP contribution in [0.25, 0.3) is 0 Å². The van der Waals surface area contributed by atoms with Gasteiger partial charge in [-0.3, -0.25) is 9.59 Å². The number of amides is 2. The van der Waals surface area contributed by atoms with Crippen LogP contribution in [0.3, 0.4) is 0 Å². The Morgan fingerprint density at radius 3 is 2.40 bits per heavy atom. The first-order valence-corrected chi connectivity index (χ1v) is 10.7. The van der Waals surface area contributed by atoms with Crippen LogP contribution in [0.4, 0.5) is 0 Å². The molecule has 1 N–H and O–H groups in total. The Morgan fingerprint density at radius 2 is 1.77 bits per heavy atom. The lowest BCUT2D eigenvalue weighted by Crippen LogP contribution is -2.50. The van der Waals surface area contributed by atoms with E-state index in [0.29, 0.717) is 25.3 Å². The molecule has 0 fully saturated rings. The van der Waals surface area contributed by atoms with Crippen LogP contribution in [0.1, 0.15) is 48.9 Å². The summed E-state index contributed by atoms with van der Waals surface area (Å²) < 4.78 is 5.84. The Kier molecular flexibility index (Phi) is 8.90. The summed E-state index contributed by atoms with van der Waals surface area (Å²) in [6.07, 6.45) is 1.39. The Hall–Kier alpha value is -2.82. The molecule has 2 rings (SSSR count). The van der Waals surface area contributed by atoms with Gasteiger partial charge in [-0.25, -0.2) is 0 Å². The fraction of sp³-hybridized carbons (Fsp3) is 0.440. The molecule has 0 aliphatic rings. The van der Waals surface area contributed by atoms with Gasteiger partial charge in [-0.15, -0.1) is 0 Å². The molecule has 0 aliphatic carbocycles. The molecule has 0 bridgehead atoms. The summed E-state index contributed by atoms with van der Waals surface area (Å²) in [4.78, 5) is 27.6. The lowest BCUT2D eigenvalue weighted by atomic mass is 10.1. The van der Waals surface area contributed by atoms with Gasteiger partial charge in [-0.1, -0.05) is 55.8 Å². The monoisotopic (exact) mass is 410 g/mol. The van der Waals surface area contributed by atoms with Crippen molar-refractivity contribution in [1.29, 1.82) is 0 Å². The third-order valence-corrected chi connectivity index (χ3v) is 5.22. The number of nitrogens with one attached hydrogen (secondary N) is 1. The molecule has 0 radical (unpaired) electrons. The summed E-state index contributed by atoms with van der Waals surface area (Å²) in [5.41, 5.74) is 4.25. The zero-order chi connectivity index (χ0) is 22.1. The summed E-state index contributed by atoms with van der Waals surface area (Å²) in [6, 6.07) is 13.3. The molecular weight excluding hydrogens is 376 g/mol. The molecule has 30 heavy (non-hydrogen) atoms. The van der Waals surface area contributed by atoms with E-state index in [2.05, 4.69) is 5.32 Å². The molecule has 2 amide bonds. The number of ether oxygens (including phenoxy) is 1. The Balaban J connectivity index is 2.22. The minimum absolute atomic E-state index is 0.104. The quantitative estimate of drug-likeness (QED) is 0.634. The first-order valence-electron chi connectivity index (χ1n) is 10.7. The minimum Gasteiger partial charge on any atom is -0.483 e. The molecule has 0 spiro atoms. The van der Waals surface area contributed by atoms with E-state index in [1.807, 2.05) is 77.1 Å². The van der Waals surface area contributed by atoms with Crippen molar-refractivity contribution < 1.29 is 14.3 Å². The highest BCUT2D eigenvalue weighted by molar-refractivity contribution is 5.88. The zero-order valence-electron chi connectivity index (χ0n) is 18.8. The number of hydrogen-bond donors (Lipinski definition) is 1.